The quantitative estimate of drug-likeness (QED) is 0.823. The summed E-state index contributed by atoms with van der Waals surface area (Å²) in [5, 5.41) is 0. The van der Waals surface area contributed by atoms with E-state index in [1.807, 2.05) is 18.7 Å². The molecule has 1 aromatic rings. The van der Waals surface area contributed by atoms with Crippen LogP contribution >= 0.6 is 0 Å². The van der Waals surface area contributed by atoms with Gasteiger partial charge in [0.05, 0.1) is 5.56 Å². The molecule has 0 saturated carbocycles. The Labute approximate surface area is 111 Å². The van der Waals surface area contributed by atoms with Crippen LogP contribution in [0.3, 0.4) is 0 Å². The predicted octanol–water partition coefficient (Wildman–Crippen LogP) is 4.05. The summed E-state index contributed by atoms with van der Waals surface area (Å²) in [6.45, 7) is 3.99. The van der Waals surface area contributed by atoms with Crippen LogP contribution in [0.4, 0.5) is 24.5 Å². The number of rotatable bonds is 2. The van der Waals surface area contributed by atoms with Gasteiger partial charge in [-0.15, -0.1) is 0 Å². The fourth-order valence-corrected chi connectivity index (χ4v) is 2.91. The molecular weight excluding hydrogens is 253 g/mol. The first-order valence-electron chi connectivity index (χ1n) is 6.59. The average Bonchev–Trinajstić information content (AvgIpc) is 2.69. The van der Waals surface area contributed by atoms with E-state index in [2.05, 4.69) is 0 Å². The Balaban J connectivity index is 2.49. The zero-order valence-corrected chi connectivity index (χ0v) is 11.2. The highest BCUT2D eigenvalue weighted by Gasteiger charge is 2.39. The van der Waals surface area contributed by atoms with Crippen molar-refractivity contribution in [2.45, 2.75) is 51.4 Å². The molecule has 106 valence electrons. The van der Waals surface area contributed by atoms with Gasteiger partial charge in [-0.1, -0.05) is 6.92 Å². The van der Waals surface area contributed by atoms with Crippen LogP contribution in [0.1, 0.15) is 38.7 Å². The van der Waals surface area contributed by atoms with Crippen LogP contribution in [0, 0.1) is 0 Å². The van der Waals surface area contributed by atoms with Crippen LogP contribution in [0.5, 0.6) is 0 Å². The van der Waals surface area contributed by atoms with E-state index in [0.717, 1.165) is 25.3 Å². The second kappa shape index (κ2) is 4.94. The highest BCUT2D eigenvalue weighted by atomic mass is 19.4. The standard InChI is InChI=1S/C14H19F3N2/c1-3-11-6-4-9(2)19(11)13-7-5-10(18)8-12(13)14(15,16)17/h5,7-9,11H,3-4,6,18H2,1-2H3. The van der Waals surface area contributed by atoms with Crippen molar-refractivity contribution in [3.8, 4) is 0 Å². The second-order valence-electron chi connectivity index (χ2n) is 5.17. The summed E-state index contributed by atoms with van der Waals surface area (Å²) < 4.78 is 39.5. The maximum absolute atomic E-state index is 13.2. The molecule has 1 heterocycles. The topological polar surface area (TPSA) is 29.3 Å². The van der Waals surface area contributed by atoms with Crippen LogP contribution in [0.2, 0.25) is 0 Å². The lowest BCUT2D eigenvalue weighted by atomic mass is 10.1. The molecule has 0 spiro atoms. The molecule has 2 N–H and O–H groups in total. The fraction of sp³-hybridized carbons (Fsp3) is 0.571. The normalized spacial score (nSPS) is 23.9. The summed E-state index contributed by atoms with van der Waals surface area (Å²) in [5.74, 6) is 0. The number of anilines is 2. The molecular formula is C14H19F3N2. The lowest BCUT2D eigenvalue weighted by molar-refractivity contribution is -0.137. The van der Waals surface area contributed by atoms with E-state index < -0.39 is 11.7 Å². The first kappa shape index (κ1) is 14.0. The van der Waals surface area contributed by atoms with Gasteiger partial charge >= 0.3 is 6.18 Å². The maximum atomic E-state index is 13.2. The van der Waals surface area contributed by atoms with E-state index in [-0.39, 0.29) is 23.5 Å². The SMILES string of the molecule is CCC1CCC(C)N1c1ccc(N)cc1C(F)(F)F. The lowest BCUT2D eigenvalue weighted by Crippen LogP contribution is -2.35. The van der Waals surface area contributed by atoms with Crippen molar-refractivity contribution in [3.63, 3.8) is 0 Å². The number of benzene rings is 1. The van der Waals surface area contributed by atoms with E-state index in [1.54, 1.807) is 6.07 Å². The van der Waals surface area contributed by atoms with Crippen molar-refractivity contribution in [3.05, 3.63) is 23.8 Å². The van der Waals surface area contributed by atoms with Gasteiger partial charge in [0.2, 0.25) is 0 Å². The van der Waals surface area contributed by atoms with Gasteiger partial charge in [-0.25, -0.2) is 0 Å². The molecule has 0 radical (unpaired) electrons. The lowest BCUT2D eigenvalue weighted by Gasteiger charge is -2.32. The van der Waals surface area contributed by atoms with E-state index in [0.29, 0.717) is 0 Å². The van der Waals surface area contributed by atoms with Gasteiger partial charge in [-0.2, -0.15) is 13.2 Å². The third-order valence-corrected chi connectivity index (χ3v) is 3.86. The number of nitrogens with two attached hydrogens (primary N) is 1. The Bertz CT molecular complexity index is 456. The maximum Gasteiger partial charge on any atom is 0.418 e. The van der Waals surface area contributed by atoms with Gasteiger partial charge in [-0.05, 0) is 44.4 Å². The molecule has 2 rings (SSSR count). The van der Waals surface area contributed by atoms with Crippen molar-refractivity contribution < 1.29 is 13.2 Å². The van der Waals surface area contributed by atoms with Gasteiger partial charge in [0.1, 0.15) is 0 Å². The minimum absolute atomic E-state index is 0.134. The fourth-order valence-electron chi connectivity index (χ4n) is 2.91. The number of alkyl halides is 3. The molecule has 1 aromatic carbocycles. The van der Waals surface area contributed by atoms with Crippen molar-refractivity contribution in [2.24, 2.45) is 0 Å². The molecule has 0 aliphatic carbocycles. The Hall–Kier alpha value is -1.39. The number of halogens is 3. The molecule has 0 aromatic heterocycles. The average molecular weight is 272 g/mol. The summed E-state index contributed by atoms with van der Waals surface area (Å²) in [4.78, 5) is 1.91. The molecule has 1 aliphatic heterocycles. The van der Waals surface area contributed by atoms with E-state index in [4.69, 9.17) is 5.73 Å². The van der Waals surface area contributed by atoms with Gasteiger partial charge < -0.3 is 10.6 Å². The zero-order chi connectivity index (χ0) is 14.2. The number of nitrogen functional groups attached to an aromatic ring is 1. The predicted molar refractivity (Wildman–Crippen MR) is 71.1 cm³/mol. The molecule has 19 heavy (non-hydrogen) atoms. The number of hydrogen-bond acceptors (Lipinski definition) is 2. The molecule has 0 bridgehead atoms. The number of hydrogen-bond donors (Lipinski definition) is 1. The van der Waals surface area contributed by atoms with Crippen LogP contribution in [-0.4, -0.2) is 12.1 Å². The molecule has 2 nitrogen and oxygen atoms in total. The summed E-state index contributed by atoms with van der Waals surface area (Å²) >= 11 is 0. The zero-order valence-electron chi connectivity index (χ0n) is 11.2. The van der Waals surface area contributed by atoms with Gasteiger partial charge in [0.25, 0.3) is 0 Å². The summed E-state index contributed by atoms with van der Waals surface area (Å²) in [6.07, 6.45) is -1.64. The Morgan fingerprint density at radius 2 is 2.00 bits per heavy atom. The van der Waals surface area contributed by atoms with Gasteiger partial charge in [0.15, 0.2) is 0 Å². The molecule has 0 amide bonds. The van der Waals surface area contributed by atoms with Crippen LogP contribution < -0.4 is 10.6 Å². The minimum atomic E-state index is -4.37. The highest BCUT2D eigenvalue weighted by Crippen LogP contribution is 2.42. The first-order chi connectivity index (χ1) is 8.84. The molecule has 5 heteroatoms. The Kier molecular flexibility index (Phi) is 3.65. The Morgan fingerprint density at radius 3 is 2.58 bits per heavy atom. The van der Waals surface area contributed by atoms with Crippen molar-refractivity contribution in [1.82, 2.24) is 0 Å². The van der Waals surface area contributed by atoms with Crippen LogP contribution in [0.15, 0.2) is 18.2 Å². The molecule has 2 unspecified atom stereocenters. The summed E-state index contributed by atoms with van der Waals surface area (Å²) in [5.41, 5.74) is 5.29. The van der Waals surface area contributed by atoms with E-state index >= 15 is 0 Å². The van der Waals surface area contributed by atoms with Crippen molar-refractivity contribution in [2.75, 3.05) is 10.6 Å². The monoisotopic (exact) mass is 272 g/mol. The second-order valence-corrected chi connectivity index (χ2v) is 5.17. The highest BCUT2D eigenvalue weighted by molar-refractivity contribution is 5.62. The van der Waals surface area contributed by atoms with E-state index in [9.17, 15) is 13.2 Å². The van der Waals surface area contributed by atoms with Crippen molar-refractivity contribution >= 4 is 11.4 Å². The summed E-state index contributed by atoms with van der Waals surface area (Å²) in [7, 11) is 0. The Morgan fingerprint density at radius 1 is 1.32 bits per heavy atom. The molecule has 2 atom stereocenters. The molecule has 1 fully saturated rings. The third kappa shape index (κ3) is 2.65. The van der Waals surface area contributed by atoms with Gasteiger partial charge in [0, 0.05) is 23.5 Å². The molecule has 1 aliphatic rings. The summed E-state index contributed by atoms with van der Waals surface area (Å²) in [6, 6.07) is 4.40. The van der Waals surface area contributed by atoms with Gasteiger partial charge in [-0.3, -0.25) is 0 Å². The molecule has 1 saturated heterocycles. The van der Waals surface area contributed by atoms with Crippen molar-refractivity contribution in [1.29, 1.82) is 0 Å². The van der Waals surface area contributed by atoms with Crippen LogP contribution in [0.25, 0.3) is 0 Å². The van der Waals surface area contributed by atoms with E-state index in [1.165, 1.54) is 6.07 Å². The minimum Gasteiger partial charge on any atom is -0.399 e. The first-order valence-corrected chi connectivity index (χ1v) is 6.59. The largest absolute Gasteiger partial charge is 0.418 e. The van der Waals surface area contributed by atoms with Crippen LogP contribution in [-0.2, 0) is 6.18 Å². The number of nitrogens with zero attached hydrogens (tertiary/aromatic N) is 1. The smallest absolute Gasteiger partial charge is 0.399 e. The third-order valence-electron chi connectivity index (χ3n) is 3.86.